The van der Waals surface area contributed by atoms with Crippen molar-refractivity contribution in [1.82, 2.24) is 0 Å². The first-order chi connectivity index (χ1) is 8.72. The summed E-state index contributed by atoms with van der Waals surface area (Å²) < 4.78 is 16.8. The number of fused-ring (bicyclic) bond motifs is 1. The fraction of sp³-hybridized carbons (Fsp3) is 0.571. The van der Waals surface area contributed by atoms with E-state index in [4.69, 9.17) is 14.2 Å². The van der Waals surface area contributed by atoms with Crippen LogP contribution >= 0.6 is 0 Å². The van der Waals surface area contributed by atoms with E-state index in [1.54, 1.807) is 7.11 Å². The van der Waals surface area contributed by atoms with Crippen LogP contribution in [0.4, 0.5) is 0 Å². The van der Waals surface area contributed by atoms with Crippen molar-refractivity contribution < 1.29 is 19.3 Å². The quantitative estimate of drug-likeness (QED) is 0.828. The Kier molecular flexibility index (Phi) is 2.92. The van der Waals surface area contributed by atoms with Gasteiger partial charge in [-0.15, -0.1) is 0 Å². The van der Waals surface area contributed by atoms with Gasteiger partial charge in [0.2, 0.25) is 0 Å². The Labute approximate surface area is 106 Å². The lowest BCUT2D eigenvalue weighted by Crippen LogP contribution is -2.47. The van der Waals surface area contributed by atoms with Crippen molar-refractivity contribution in [3.63, 3.8) is 0 Å². The van der Waals surface area contributed by atoms with Crippen LogP contribution in [-0.2, 0) is 4.74 Å². The zero-order chi connectivity index (χ0) is 12.6. The Morgan fingerprint density at radius 3 is 3.06 bits per heavy atom. The van der Waals surface area contributed by atoms with Gasteiger partial charge in [-0.2, -0.15) is 0 Å². The van der Waals surface area contributed by atoms with Gasteiger partial charge in [0.1, 0.15) is 17.1 Å². The van der Waals surface area contributed by atoms with Gasteiger partial charge in [-0.3, -0.25) is 0 Å². The number of ether oxygens (including phenoxy) is 3. The van der Waals surface area contributed by atoms with Gasteiger partial charge in [0, 0.05) is 18.6 Å². The van der Waals surface area contributed by atoms with Crippen LogP contribution in [0.3, 0.4) is 0 Å². The van der Waals surface area contributed by atoms with E-state index in [2.05, 4.69) is 0 Å². The van der Waals surface area contributed by atoms with Crippen LogP contribution in [0.2, 0.25) is 0 Å². The monoisotopic (exact) mass is 250 g/mol. The van der Waals surface area contributed by atoms with E-state index in [0.29, 0.717) is 13.0 Å². The molecule has 2 atom stereocenters. The zero-order valence-corrected chi connectivity index (χ0v) is 10.5. The lowest BCUT2D eigenvalue weighted by Gasteiger charge is -2.42. The normalized spacial score (nSPS) is 30.7. The maximum absolute atomic E-state index is 10.3. The summed E-state index contributed by atoms with van der Waals surface area (Å²) in [5.41, 5.74) is 0.463. The van der Waals surface area contributed by atoms with Gasteiger partial charge < -0.3 is 19.3 Å². The molecule has 98 valence electrons. The van der Waals surface area contributed by atoms with E-state index in [9.17, 15) is 5.11 Å². The van der Waals surface area contributed by atoms with Crippen molar-refractivity contribution in [3.05, 3.63) is 23.8 Å². The molecule has 1 fully saturated rings. The fourth-order valence-corrected chi connectivity index (χ4v) is 2.81. The van der Waals surface area contributed by atoms with Crippen LogP contribution in [0.15, 0.2) is 18.2 Å². The molecule has 0 amide bonds. The molecule has 3 rings (SSSR count). The number of methoxy groups -OCH3 is 1. The standard InChI is InChI=1S/C14H18O4/c1-16-10-3-4-13-11(7-10)12(15)8-14(18-13)5-2-6-17-9-14/h3-4,7,12,15H,2,5-6,8-9H2,1H3. The van der Waals surface area contributed by atoms with E-state index >= 15 is 0 Å². The summed E-state index contributed by atoms with van der Waals surface area (Å²) >= 11 is 0. The molecule has 1 N–H and O–H groups in total. The van der Waals surface area contributed by atoms with Crippen LogP contribution in [0.25, 0.3) is 0 Å². The molecule has 1 aromatic carbocycles. The molecule has 0 radical (unpaired) electrons. The molecule has 2 heterocycles. The van der Waals surface area contributed by atoms with Crippen molar-refractivity contribution >= 4 is 0 Å². The Balaban J connectivity index is 1.92. The Morgan fingerprint density at radius 1 is 1.44 bits per heavy atom. The first-order valence-corrected chi connectivity index (χ1v) is 6.35. The predicted molar refractivity (Wildman–Crippen MR) is 66.0 cm³/mol. The average molecular weight is 250 g/mol. The third-order valence-electron chi connectivity index (χ3n) is 3.75. The highest BCUT2D eigenvalue weighted by atomic mass is 16.5. The highest BCUT2D eigenvalue weighted by Crippen LogP contribution is 2.44. The first-order valence-electron chi connectivity index (χ1n) is 6.35. The molecule has 1 aromatic rings. The highest BCUT2D eigenvalue weighted by molar-refractivity contribution is 5.43. The van der Waals surface area contributed by atoms with Gasteiger partial charge in [0.05, 0.1) is 19.8 Å². The van der Waals surface area contributed by atoms with Crippen molar-refractivity contribution in [2.24, 2.45) is 0 Å². The summed E-state index contributed by atoms with van der Waals surface area (Å²) in [6.45, 7) is 1.35. The average Bonchev–Trinajstić information content (AvgIpc) is 2.39. The lowest BCUT2D eigenvalue weighted by molar-refractivity contribution is -0.103. The van der Waals surface area contributed by atoms with Crippen LogP contribution in [0, 0.1) is 0 Å². The largest absolute Gasteiger partial charge is 0.497 e. The van der Waals surface area contributed by atoms with E-state index in [1.807, 2.05) is 18.2 Å². The number of benzene rings is 1. The SMILES string of the molecule is COc1ccc2c(c1)C(O)CC1(CCCOC1)O2. The molecule has 4 heteroatoms. The minimum absolute atomic E-state index is 0.348. The molecular weight excluding hydrogens is 232 g/mol. The summed E-state index contributed by atoms with van der Waals surface area (Å²) in [7, 11) is 1.62. The van der Waals surface area contributed by atoms with Crippen molar-refractivity contribution in [2.45, 2.75) is 31.0 Å². The van der Waals surface area contributed by atoms with Crippen molar-refractivity contribution in [1.29, 1.82) is 0 Å². The molecule has 0 aromatic heterocycles. The minimum atomic E-state index is -0.509. The fourth-order valence-electron chi connectivity index (χ4n) is 2.81. The maximum Gasteiger partial charge on any atom is 0.135 e. The number of aliphatic hydroxyl groups is 1. The third-order valence-corrected chi connectivity index (χ3v) is 3.75. The summed E-state index contributed by atoms with van der Waals surface area (Å²) in [4.78, 5) is 0. The Bertz CT molecular complexity index is 437. The topological polar surface area (TPSA) is 47.9 Å². The highest BCUT2D eigenvalue weighted by Gasteiger charge is 2.42. The Hall–Kier alpha value is -1.26. The molecule has 0 saturated carbocycles. The number of hydrogen-bond acceptors (Lipinski definition) is 4. The van der Waals surface area contributed by atoms with Gasteiger partial charge in [0.15, 0.2) is 0 Å². The lowest BCUT2D eigenvalue weighted by atomic mass is 9.85. The van der Waals surface area contributed by atoms with E-state index < -0.39 is 6.10 Å². The van der Waals surface area contributed by atoms with Crippen LogP contribution in [0.5, 0.6) is 11.5 Å². The smallest absolute Gasteiger partial charge is 0.135 e. The summed E-state index contributed by atoms with van der Waals surface area (Å²) in [6.07, 6.45) is 2.01. The maximum atomic E-state index is 10.3. The summed E-state index contributed by atoms with van der Waals surface area (Å²) in [5, 5.41) is 10.3. The summed E-state index contributed by atoms with van der Waals surface area (Å²) in [5.74, 6) is 1.49. The molecule has 2 unspecified atom stereocenters. The molecule has 0 bridgehead atoms. The van der Waals surface area contributed by atoms with Crippen LogP contribution < -0.4 is 9.47 Å². The van der Waals surface area contributed by atoms with Crippen LogP contribution in [-0.4, -0.2) is 31.0 Å². The second kappa shape index (κ2) is 4.44. The van der Waals surface area contributed by atoms with Gasteiger partial charge in [-0.05, 0) is 31.0 Å². The van der Waals surface area contributed by atoms with E-state index in [0.717, 1.165) is 36.5 Å². The molecule has 4 nitrogen and oxygen atoms in total. The number of hydrogen-bond donors (Lipinski definition) is 1. The van der Waals surface area contributed by atoms with Gasteiger partial charge in [-0.25, -0.2) is 0 Å². The predicted octanol–water partition coefficient (Wildman–Crippen LogP) is 2.06. The number of aliphatic hydroxyl groups excluding tert-OH is 1. The molecular formula is C14H18O4. The van der Waals surface area contributed by atoms with Gasteiger partial charge >= 0.3 is 0 Å². The molecule has 1 saturated heterocycles. The molecule has 2 aliphatic heterocycles. The second-order valence-electron chi connectivity index (χ2n) is 5.06. The zero-order valence-electron chi connectivity index (χ0n) is 10.5. The molecule has 18 heavy (non-hydrogen) atoms. The summed E-state index contributed by atoms with van der Waals surface area (Å²) in [6, 6.07) is 5.57. The second-order valence-corrected chi connectivity index (χ2v) is 5.06. The van der Waals surface area contributed by atoms with Crippen molar-refractivity contribution in [2.75, 3.05) is 20.3 Å². The van der Waals surface area contributed by atoms with Crippen molar-refractivity contribution in [3.8, 4) is 11.5 Å². The molecule has 0 aliphatic carbocycles. The third kappa shape index (κ3) is 1.95. The molecule has 2 aliphatic rings. The van der Waals surface area contributed by atoms with E-state index in [1.165, 1.54) is 0 Å². The van der Waals surface area contributed by atoms with E-state index in [-0.39, 0.29) is 5.60 Å². The minimum Gasteiger partial charge on any atom is -0.497 e. The van der Waals surface area contributed by atoms with Crippen LogP contribution in [0.1, 0.15) is 30.9 Å². The number of rotatable bonds is 1. The molecule has 1 spiro atoms. The van der Waals surface area contributed by atoms with Gasteiger partial charge in [-0.1, -0.05) is 0 Å². The Morgan fingerprint density at radius 2 is 2.33 bits per heavy atom. The first kappa shape index (κ1) is 11.8. The van der Waals surface area contributed by atoms with Gasteiger partial charge in [0.25, 0.3) is 0 Å².